The number of amides is 1. The molecule has 254 valence electrons. The Morgan fingerprint density at radius 3 is 2.02 bits per heavy atom. The zero-order valence-electron chi connectivity index (χ0n) is 26.2. The summed E-state index contributed by atoms with van der Waals surface area (Å²) < 4.78 is 24.2. The Hall–Kier alpha value is -1.70. The highest BCUT2D eigenvalue weighted by atomic mass is 19.1. The molecule has 2 rings (SSSR count). The molecule has 8 atom stereocenters. The first-order chi connectivity index (χ1) is 21.2. The molecule has 7 N–H and O–H groups in total. The molecule has 1 heterocycles. The third kappa shape index (κ3) is 14.2. The average Bonchev–Trinajstić information content (AvgIpc) is 3.02. The summed E-state index contributed by atoms with van der Waals surface area (Å²) in [7, 11) is 0. The van der Waals surface area contributed by atoms with Gasteiger partial charge >= 0.3 is 0 Å². The number of aryl methyl sites for hydroxylation is 1. The standard InChI is InChI=1S/C33H56FNO9/c1-2-3-4-5-6-7-8-9-10-11-12-13-14-26(37)29(39)25(35-28(38)20-17-23-15-18-24(34)19-16-23)22-43-33-32(42)31(41)30(40)27(21-36)44-33/h15-16,18-19,25-27,29-33,36-37,39-42H,2-14,17,20-22H2,1H3,(H,35,38)/t25-,26+,27+,29-,30-,31-,32+,33-/m0/s1. The molecule has 11 heteroatoms. The number of carbonyl (C=O) groups excluding carboxylic acids is 1. The molecule has 0 aromatic heterocycles. The van der Waals surface area contributed by atoms with Crippen molar-refractivity contribution in [2.75, 3.05) is 13.2 Å². The molecule has 1 saturated heterocycles. The number of rotatable bonds is 23. The Bertz CT molecular complexity index is 891. The van der Waals surface area contributed by atoms with Gasteiger partial charge in [0, 0.05) is 6.42 Å². The van der Waals surface area contributed by atoms with Gasteiger partial charge in [-0.1, -0.05) is 96.1 Å². The predicted octanol–water partition coefficient (Wildman–Crippen LogP) is 2.87. The van der Waals surface area contributed by atoms with Gasteiger partial charge in [0.2, 0.25) is 5.91 Å². The van der Waals surface area contributed by atoms with Crippen molar-refractivity contribution < 1.29 is 49.3 Å². The molecule has 44 heavy (non-hydrogen) atoms. The van der Waals surface area contributed by atoms with Crippen LogP contribution < -0.4 is 5.32 Å². The second kappa shape index (κ2) is 21.9. The SMILES string of the molecule is CCCCCCCCCCCCCC[C@@H](O)[C@@H](O)[C@H](CO[C@H]1O[C@H](CO)[C@H](O)[C@H](O)[C@H]1O)NC(=O)CCc1ccc(F)cc1. The number of unbranched alkanes of at least 4 members (excludes halogenated alkanes) is 11. The molecule has 1 amide bonds. The average molecular weight is 630 g/mol. The summed E-state index contributed by atoms with van der Waals surface area (Å²) in [5.74, 6) is -0.817. The Morgan fingerprint density at radius 2 is 1.45 bits per heavy atom. The first-order valence-corrected chi connectivity index (χ1v) is 16.5. The minimum atomic E-state index is -1.65. The van der Waals surface area contributed by atoms with Gasteiger partial charge < -0.3 is 45.4 Å². The van der Waals surface area contributed by atoms with Crippen molar-refractivity contribution in [1.82, 2.24) is 5.32 Å². The van der Waals surface area contributed by atoms with Gasteiger partial charge in [-0.3, -0.25) is 4.79 Å². The van der Waals surface area contributed by atoms with Gasteiger partial charge in [0.1, 0.15) is 36.3 Å². The van der Waals surface area contributed by atoms with Crippen LogP contribution in [0.25, 0.3) is 0 Å². The van der Waals surface area contributed by atoms with Crippen LogP contribution in [0.15, 0.2) is 24.3 Å². The van der Waals surface area contributed by atoms with E-state index in [0.29, 0.717) is 19.3 Å². The molecule has 1 aromatic rings. The van der Waals surface area contributed by atoms with Crippen LogP contribution in [0.2, 0.25) is 0 Å². The van der Waals surface area contributed by atoms with Gasteiger partial charge in [-0.25, -0.2) is 4.39 Å². The lowest BCUT2D eigenvalue weighted by Crippen LogP contribution is -2.60. The van der Waals surface area contributed by atoms with E-state index < -0.39 is 61.5 Å². The van der Waals surface area contributed by atoms with E-state index in [-0.39, 0.29) is 18.8 Å². The van der Waals surface area contributed by atoms with Crippen molar-refractivity contribution in [1.29, 1.82) is 0 Å². The molecule has 1 aliphatic rings. The Morgan fingerprint density at radius 1 is 0.886 bits per heavy atom. The summed E-state index contributed by atoms with van der Waals surface area (Å²) in [5, 5.41) is 64.2. The Kier molecular flexibility index (Phi) is 19.2. The van der Waals surface area contributed by atoms with E-state index in [4.69, 9.17) is 9.47 Å². The lowest BCUT2D eigenvalue weighted by molar-refractivity contribution is -0.303. The molecule has 1 aliphatic heterocycles. The topological polar surface area (TPSA) is 169 Å². The van der Waals surface area contributed by atoms with E-state index in [9.17, 15) is 39.8 Å². The number of hydrogen-bond donors (Lipinski definition) is 7. The lowest BCUT2D eigenvalue weighted by atomic mass is 9.98. The second-order valence-electron chi connectivity index (χ2n) is 12.1. The highest BCUT2D eigenvalue weighted by Crippen LogP contribution is 2.23. The smallest absolute Gasteiger partial charge is 0.220 e. The number of aliphatic hydroxyl groups is 6. The van der Waals surface area contributed by atoms with E-state index in [2.05, 4.69) is 12.2 Å². The number of carbonyl (C=O) groups is 1. The molecule has 0 saturated carbocycles. The van der Waals surface area contributed by atoms with Crippen LogP contribution in [0.4, 0.5) is 4.39 Å². The van der Waals surface area contributed by atoms with Crippen molar-refractivity contribution in [2.24, 2.45) is 0 Å². The van der Waals surface area contributed by atoms with Crippen LogP contribution in [0.3, 0.4) is 0 Å². The largest absolute Gasteiger partial charge is 0.394 e. The van der Waals surface area contributed by atoms with Crippen molar-refractivity contribution in [3.8, 4) is 0 Å². The van der Waals surface area contributed by atoms with Crippen molar-refractivity contribution in [3.05, 3.63) is 35.6 Å². The van der Waals surface area contributed by atoms with Crippen LogP contribution in [-0.2, 0) is 20.7 Å². The molecule has 0 spiro atoms. The number of hydrogen-bond acceptors (Lipinski definition) is 9. The van der Waals surface area contributed by atoms with E-state index >= 15 is 0 Å². The molecule has 1 aromatic carbocycles. The van der Waals surface area contributed by atoms with E-state index in [1.165, 1.54) is 63.5 Å². The summed E-state index contributed by atoms with van der Waals surface area (Å²) in [6.45, 7) is 1.20. The first-order valence-electron chi connectivity index (χ1n) is 16.5. The molecule has 0 bridgehead atoms. The van der Waals surface area contributed by atoms with E-state index in [1.807, 2.05) is 0 Å². The molecular formula is C33H56FNO9. The van der Waals surface area contributed by atoms with Crippen molar-refractivity contribution in [2.45, 2.75) is 152 Å². The quantitative estimate of drug-likeness (QED) is 0.0900. The summed E-state index contributed by atoms with van der Waals surface area (Å²) in [6, 6.07) is 4.68. The van der Waals surface area contributed by atoms with Crippen molar-refractivity contribution in [3.63, 3.8) is 0 Å². The van der Waals surface area contributed by atoms with Gasteiger partial charge in [-0.2, -0.15) is 0 Å². The molecule has 0 unspecified atom stereocenters. The zero-order valence-corrected chi connectivity index (χ0v) is 26.2. The van der Waals surface area contributed by atoms with Gasteiger partial charge in [-0.05, 0) is 30.5 Å². The van der Waals surface area contributed by atoms with Crippen molar-refractivity contribution >= 4 is 5.91 Å². The first kappa shape index (κ1) is 38.5. The third-order valence-corrected chi connectivity index (χ3v) is 8.35. The molecule has 0 radical (unpaired) electrons. The maximum absolute atomic E-state index is 13.2. The number of halogens is 1. The maximum Gasteiger partial charge on any atom is 0.220 e. The van der Waals surface area contributed by atoms with Gasteiger partial charge in [-0.15, -0.1) is 0 Å². The minimum absolute atomic E-state index is 0.0315. The summed E-state index contributed by atoms with van der Waals surface area (Å²) >= 11 is 0. The fourth-order valence-corrected chi connectivity index (χ4v) is 5.45. The Balaban J connectivity index is 1.84. The normalized spacial score (nSPS) is 24.1. The lowest BCUT2D eigenvalue weighted by Gasteiger charge is -2.40. The second-order valence-corrected chi connectivity index (χ2v) is 12.1. The number of aliphatic hydroxyl groups excluding tert-OH is 6. The fraction of sp³-hybridized carbons (Fsp3) is 0.788. The highest BCUT2D eigenvalue weighted by molar-refractivity contribution is 5.76. The molecular weight excluding hydrogens is 573 g/mol. The minimum Gasteiger partial charge on any atom is -0.394 e. The van der Waals surface area contributed by atoms with Crippen LogP contribution in [-0.4, -0.2) is 98.7 Å². The van der Waals surface area contributed by atoms with Crippen LogP contribution in [0, 0.1) is 5.82 Å². The third-order valence-electron chi connectivity index (χ3n) is 8.35. The van der Waals surface area contributed by atoms with E-state index in [0.717, 1.165) is 24.8 Å². The monoisotopic (exact) mass is 629 g/mol. The fourth-order valence-electron chi connectivity index (χ4n) is 5.45. The number of benzene rings is 1. The van der Waals surface area contributed by atoms with Gasteiger partial charge in [0.15, 0.2) is 6.29 Å². The molecule has 1 fully saturated rings. The Labute approximate surface area is 261 Å². The summed E-state index contributed by atoms with van der Waals surface area (Å²) in [6.07, 6.45) is 4.66. The highest BCUT2D eigenvalue weighted by Gasteiger charge is 2.44. The van der Waals surface area contributed by atoms with Crippen LogP contribution >= 0.6 is 0 Å². The number of ether oxygens (including phenoxy) is 2. The van der Waals surface area contributed by atoms with E-state index in [1.54, 1.807) is 12.1 Å². The van der Waals surface area contributed by atoms with Crippen LogP contribution in [0.5, 0.6) is 0 Å². The maximum atomic E-state index is 13.2. The summed E-state index contributed by atoms with van der Waals surface area (Å²) in [4.78, 5) is 12.8. The van der Waals surface area contributed by atoms with Crippen LogP contribution in [0.1, 0.15) is 102 Å². The number of nitrogens with one attached hydrogen (secondary N) is 1. The molecule has 10 nitrogen and oxygen atoms in total. The zero-order chi connectivity index (χ0) is 32.3. The predicted molar refractivity (Wildman–Crippen MR) is 164 cm³/mol. The molecule has 0 aliphatic carbocycles. The van der Waals surface area contributed by atoms with Gasteiger partial charge in [0.25, 0.3) is 0 Å². The van der Waals surface area contributed by atoms with Gasteiger partial charge in [0.05, 0.1) is 25.4 Å². The summed E-state index contributed by atoms with van der Waals surface area (Å²) in [5.41, 5.74) is 0.753.